The summed E-state index contributed by atoms with van der Waals surface area (Å²) in [5.74, 6) is 0.249. The zero-order valence-electron chi connectivity index (χ0n) is 5.42. The van der Waals surface area contributed by atoms with Crippen molar-refractivity contribution in [1.29, 1.82) is 0 Å². The molecule has 0 aliphatic carbocycles. The predicted molar refractivity (Wildman–Crippen MR) is 35.1 cm³/mol. The first-order valence-electron chi connectivity index (χ1n) is 3.23. The molecule has 9 heavy (non-hydrogen) atoms. The molecule has 2 heteroatoms. The Kier molecular flexibility index (Phi) is 2.25. The van der Waals surface area contributed by atoms with Gasteiger partial charge in [-0.3, -0.25) is 0 Å². The van der Waals surface area contributed by atoms with E-state index in [1.807, 2.05) is 0 Å². The Morgan fingerprint density at radius 1 is 1.67 bits per heavy atom. The molecule has 0 spiro atoms. The van der Waals surface area contributed by atoms with Crippen molar-refractivity contribution in [3.63, 3.8) is 0 Å². The minimum absolute atomic E-state index is 0.249. The molecule has 1 heterocycles. The van der Waals surface area contributed by atoms with Crippen LogP contribution < -0.4 is 0 Å². The molecule has 0 unspecified atom stereocenters. The fraction of sp³-hybridized carbons (Fsp3) is 0.714. The standard InChI is InChI=1S/C7H12O2/c1-2-6-3-4-9-5-7(6)8/h2,6-8H,1,3-5H2/t6-,7-/m1/s1. The lowest BCUT2D eigenvalue weighted by Crippen LogP contribution is -2.30. The Labute approximate surface area is 55.1 Å². The lowest BCUT2D eigenvalue weighted by Gasteiger charge is -2.24. The van der Waals surface area contributed by atoms with E-state index in [4.69, 9.17) is 4.74 Å². The molecule has 0 amide bonds. The van der Waals surface area contributed by atoms with Crippen LogP contribution in [0.15, 0.2) is 12.7 Å². The third-order valence-electron chi connectivity index (χ3n) is 1.68. The van der Waals surface area contributed by atoms with Gasteiger partial charge in [0.05, 0.1) is 12.7 Å². The number of ether oxygens (including phenoxy) is 1. The Morgan fingerprint density at radius 2 is 2.44 bits per heavy atom. The van der Waals surface area contributed by atoms with E-state index in [1.165, 1.54) is 0 Å². The molecule has 1 aliphatic rings. The largest absolute Gasteiger partial charge is 0.390 e. The summed E-state index contributed by atoms with van der Waals surface area (Å²) in [6.45, 7) is 4.85. The first-order valence-corrected chi connectivity index (χ1v) is 3.23. The summed E-state index contributed by atoms with van der Waals surface area (Å²) >= 11 is 0. The SMILES string of the molecule is C=C[C@@H]1CCOC[C@H]1O. The highest BCUT2D eigenvalue weighted by molar-refractivity contribution is 4.86. The zero-order chi connectivity index (χ0) is 6.69. The van der Waals surface area contributed by atoms with Crippen LogP contribution >= 0.6 is 0 Å². The van der Waals surface area contributed by atoms with Gasteiger partial charge in [0.25, 0.3) is 0 Å². The highest BCUT2D eigenvalue weighted by atomic mass is 16.5. The second-order valence-electron chi connectivity index (χ2n) is 2.33. The van der Waals surface area contributed by atoms with Crippen molar-refractivity contribution in [3.05, 3.63) is 12.7 Å². The van der Waals surface area contributed by atoms with Crippen molar-refractivity contribution in [2.24, 2.45) is 5.92 Å². The van der Waals surface area contributed by atoms with E-state index in [1.54, 1.807) is 6.08 Å². The van der Waals surface area contributed by atoms with Gasteiger partial charge >= 0.3 is 0 Å². The maximum absolute atomic E-state index is 9.17. The van der Waals surface area contributed by atoms with Crippen molar-refractivity contribution in [2.45, 2.75) is 12.5 Å². The lowest BCUT2D eigenvalue weighted by atomic mass is 9.98. The summed E-state index contributed by atoms with van der Waals surface area (Å²) in [5, 5.41) is 9.17. The number of aliphatic hydroxyl groups excluding tert-OH is 1. The van der Waals surface area contributed by atoms with Crippen molar-refractivity contribution in [2.75, 3.05) is 13.2 Å². The van der Waals surface area contributed by atoms with Gasteiger partial charge in [-0.25, -0.2) is 0 Å². The molecule has 0 aromatic rings. The minimum atomic E-state index is -0.323. The molecule has 1 fully saturated rings. The highest BCUT2D eigenvalue weighted by Crippen LogP contribution is 2.15. The van der Waals surface area contributed by atoms with E-state index < -0.39 is 0 Å². The van der Waals surface area contributed by atoms with Crippen molar-refractivity contribution >= 4 is 0 Å². The molecule has 52 valence electrons. The summed E-state index contributed by atoms with van der Waals surface area (Å²) in [7, 11) is 0. The van der Waals surface area contributed by atoms with Crippen LogP contribution in [0.4, 0.5) is 0 Å². The van der Waals surface area contributed by atoms with E-state index in [2.05, 4.69) is 6.58 Å². The van der Waals surface area contributed by atoms with Crippen LogP contribution in [-0.4, -0.2) is 24.4 Å². The smallest absolute Gasteiger partial charge is 0.0836 e. The molecule has 0 saturated carbocycles. The lowest BCUT2D eigenvalue weighted by molar-refractivity contribution is -0.0296. The number of aliphatic hydroxyl groups is 1. The van der Waals surface area contributed by atoms with Crippen LogP contribution in [0.25, 0.3) is 0 Å². The molecule has 0 aromatic carbocycles. The Balaban J connectivity index is 2.38. The summed E-state index contributed by atoms with van der Waals surface area (Å²) in [4.78, 5) is 0. The van der Waals surface area contributed by atoms with Crippen molar-refractivity contribution < 1.29 is 9.84 Å². The van der Waals surface area contributed by atoms with E-state index in [-0.39, 0.29) is 12.0 Å². The number of hydrogen-bond donors (Lipinski definition) is 1. The molecule has 2 atom stereocenters. The summed E-state index contributed by atoms with van der Waals surface area (Å²) in [5.41, 5.74) is 0. The molecule has 1 aliphatic heterocycles. The third kappa shape index (κ3) is 1.53. The monoisotopic (exact) mass is 128 g/mol. The predicted octanol–water partition coefficient (Wildman–Crippen LogP) is 0.570. The minimum Gasteiger partial charge on any atom is -0.390 e. The normalized spacial score (nSPS) is 36.1. The molecular weight excluding hydrogens is 116 g/mol. The van der Waals surface area contributed by atoms with Crippen LogP contribution in [0.2, 0.25) is 0 Å². The molecule has 1 N–H and O–H groups in total. The third-order valence-corrected chi connectivity index (χ3v) is 1.68. The summed E-state index contributed by atoms with van der Waals surface area (Å²) in [6, 6.07) is 0. The Hall–Kier alpha value is -0.340. The van der Waals surface area contributed by atoms with Gasteiger partial charge in [-0.2, -0.15) is 0 Å². The van der Waals surface area contributed by atoms with Gasteiger partial charge in [0.2, 0.25) is 0 Å². The average Bonchev–Trinajstić information content (AvgIpc) is 1.89. The first-order chi connectivity index (χ1) is 4.34. The number of rotatable bonds is 1. The van der Waals surface area contributed by atoms with Gasteiger partial charge < -0.3 is 9.84 Å². The van der Waals surface area contributed by atoms with Gasteiger partial charge in [0.1, 0.15) is 0 Å². The molecule has 0 radical (unpaired) electrons. The Bertz CT molecular complexity index is 101. The second kappa shape index (κ2) is 2.99. The summed E-state index contributed by atoms with van der Waals surface area (Å²) < 4.78 is 5.02. The van der Waals surface area contributed by atoms with Crippen LogP contribution in [0.1, 0.15) is 6.42 Å². The summed E-state index contributed by atoms with van der Waals surface area (Å²) in [6.07, 6.45) is 2.38. The van der Waals surface area contributed by atoms with Crippen molar-refractivity contribution in [1.82, 2.24) is 0 Å². The van der Waals surface area contributed by atoms with E-state index in [0.717, 1.165) is 13.0 Å². The van der Waals surface area contributed by atoms with Crippen LogP contribution in [0, 0.1) is 5.92 Å². The van der Waals surface area contributed by atoms with E-state index in [0.29, 0.717) is 6.61 Å². The van der Waals surface area contributed by atoms with E-state index in [9.17, 15) is 5.11 Å². The van der Waals surface area contributed by atoms with Crippen molar-refractivity contribution in [3.8, 4) is 0 Å². The molecule has 0 bridgehead atoms. The average molecular weight is 128 g/mol. The van der Waals surface area contributed by atoms with Gasteiger partial charge in [0.15, 0.2) is 0 Å². The van der Waals surface area contributed by atoms with Gasteiger partial charge in [-0.1, -0.05) is 6.08 Å². The van der Waals surface area contributed by atoms with Gasteiger partial charge in [-0.05, 0) is 6.42 Å². The van der Waals surface area contributed by atoms with Crippen LogP contribution in [-0.2, 0) is 4.74 Å². The molecule has 2 nitrogen and oxygen atoms in total. The molecular formula is C7H12O2. The molecule has 1 rings (SSSR count). The maximum Gasteiger partial charge on any atom is 0.0836 e. The van der Waals surface area contributed by atoms with Crippen LogP contribution in [0.5, 0.6) is 0 Å². The van der Waals surface area contributed by atoms with E-state index >= 15 is 0 Å². The Morgan fingerprint density at radius 3 is 2.89 bits per heavy atom. The topological polar surface area (TPSA) is 29.5 Å². The quantitative estimate of drug-likeness (QED) is 0.523. The fourth-order valence-corrected chi connectivity index (χ4v) is 1.01. The number of hydrogen-bond acceptors (Lipinski definition) is 2. The second-order valence-corrected chi connectivity index (χ2v) is 2.33. The van der Waals surface area contributed by atoms with Crippen LogP contribution in [0.3, 0.4) is 0 Å². The molecule has 0 aromatic heterocycles. The zero-order valence-corrected chi connectivity index (χ0v) is 5.42. The highest BCUT2D eigenvalue weighted by Gasteiger charge is 2.19. The van der Waals surface area contributed by atoms with Gasteiger partial charge in [-0.15, -0.1) is 6.58 Å². The first kappa shape index (κ1) is 6.78. The van der Waals surface area contributed by atoms with Gasteiger partial charge in [0, 0.05) is 12.5 Å². The fourth-order valence-electron chi connectivity index (χ4n) is 1.01. The molecule has 1 saturated heterocycles. The maximum atomic E-state index is 9.17.